The molecular weight excluding hydrogens is 438 g/mol. The van der Waals surface area contributed by atoms with Crippen LogP contribution >= 0.6 is 0 Å². The van der Waals surface area contributed by atoms with E-state index in [4.69, 9.17) is 9.47 Å². The van der Waals surface area contributed by atoms with Crippen LogP contribution < -0.4 is 4.74 Å². The summed E-state index contributed by atoms with van der Waals surface area (Å²) in [6.07, 6.45) is 0. The van der Waals surface area contributed by atoms with Gasteiger partial charge in [-0.15, -0.1) is 0 Å². The van der Waals surface area contributed by atoms with Crippen LogP contribution in [-0.2, 0) is 4.74 Å². The largest absolute Gasteiger partial charge is 0.462 e. The zero-order valence-corrected chi connectivity index (χ0v) is 19.9. The standard InChI is InChI=1S/C30H25NO4/c1-4-34-30(33)27-20(3)31(21-13-6-5-7-14-21)28-24-17-11-10-16-23(24)26(18-25(27)28)35-29(32)22-15-9-8-12-19(22)2/h5-18H,4H2,1-3H3. The lowest BCUT2D eigenvalue weighted by Gasteiger charge is -2.13. The molecule has 0 amide bonds. The van der Waals surface area contributed by atoms with E-state index in [0.29, 0.717) is 22.3 Å². The van der Waals surface area contributed by atoms with Crippen molar-refractivity contribution in [1.82, 2.24) is 4.57 Å². The van der Waals surface area contributed by atoms with Crippen molar-refractivity contribution in [3.63, 3.8) is 0 Å². The maximum absolute atomic E-state index is 13.1. The van der Waals surface area contributed by atoms with Gasteiger partial charge in [0.25, 0.3) is 0 Å². The Morgan fingerprint density at radius 2 is 1.43 bits per heavy atom. The zero-order valence-electron chi connectivity index (χ0n) is 19.9. The summed E-state index contributed by atoms with van der Waals surface area (Å²) >= 11 is 0. The molecule has 4 aromatic carbocycles. The van der Waals surface area contributed by atoms with Gasteiger partial charge in [0, 0.05) is 27.5 Å². The minimum atomic E-state index is -0.440. The number of rotatable bonds is 5. The van der Waals surface area contributed by atoms with Crippen molar-refractivity contribution in [2.24, 2.45) is 0 Å². The molecule has 0 aliphatic rings. The number of aryl methyl sites for hydroxylation is 1. The molecule has 0 N–H and O–H groups in total. The molecule has 5 aromatic rings. The van der Waals surface area contributed by atoms with E-state index in [0.717, 1.165) is 33.2 Å². The molecule has 5 rings (SSSR count). The minimum Gasteiger partial charge on any atom is -0.462 e. The quantitative estimate of drug-likeness (QED) is 0.213. The third-order valence-corrected chi connectivity index (χ3v) is 6.23. The Kier molecular flexibility index (Phi) is 5.83. The highest BCUT2D eigenvalue weighted by atomic mass is 16.5. The van der Waals surface area contributed by atoms with Gasteiger partial charge in [0.15, 0.2) is 0 Å². The van der Waals surface area contributed by atoms with Crippen LogP contribution in [0.5, 0.6) is 5.75 Å². The van der Waals surface area contributed by atoms with Crippen LogP contribution in [0.15, 0.2) is 84.9 Å². The van der Waals surface area contributed by atoms with E-state index in [-0.39, 0.29) is 6.61 Å². The van der Waals surface area contributed by atoms with E-state index < -0.39 is 11.9 Å². The fourth-order valence-corrected chi connectivity index (χ4v) is 4.63. The Morgan fingerprint density at radius 3 is 2.14 bits per heavy atom. The first kappa shape index (κ1) is 22.4. The third-order valence-electron chi connectivity index (χ3n) is 6.23. The molecule has 0 unspecified atom stereocenters. The van der Waals surface area contributed by atoms with E-state index >= 15 is 0 Å². The number of benzene rings is 4. The molecule has 0 radical (unpaired) electrons. The highest BCUT2D eigenvalue weighted by Gasteiger charge is 2.25. The summed E-state index contributed by atoms with van der Waals surface area (Å²) in [5.74, 6) is -0.447. The summed E-state index contributed by atoms with van der Waals surface area (Å²) in [5, 5.41) is 2.34. The van der Waals surface area contributed by atoms with Gasteiger partial charge in [-0.2, -0.15) is 0 Å². The van der Waals surface area contributed by atoms with Crippen molar-refractivity contribution in [1.29, 1.82) is 0 Å². The number of hydrogen-bond acceptors (Lipinski definition) is 4. The SMILES string of the molecule is CCOC(=O)c1c(C)n(-c2ccccc2)c2c1cc(OC(=O)c1ccccc1C)c1ccccc12. The molecule has 5 heteroatoms. The van der Waals surface area contributed by atoms with Gasteiger partial charge >= 0.3 is 11.9 Å². The Bertz CT molecular complexity index is 1580. The fraction of sp³-hybridized carbons (Fsp3) is 0.133. The van der Waals surface area contributed by atoms with E-state index in [1.165, 1.54) is 0 Å². The number of carbonyl (C=O) groups excluding carboxylic acids is 2. The Balaban J connectivity index is 1.81. The molecule has 0 bridgehead atoms. The van der Waals surface area contributed by atoms with Crippen LogP contribution in [0.1, 0.15) is 38.9 Å². The van der Waals surface area contributed by atoms with Crippen molar-refractivity contribution in [3.05, 3.63) is 107 Å². The summed E-state index contributed by atoms with van der Waals surface area (Å²) in [5.41, 5.74) is 4.35. The van der Waals surface area contributed by atoms with Gasteiger partial charge in [-0.25, -0.2) is 9.59 Å². The fourth-order valence-electron chi connectivity index (χ4n) is 4.63. The summed E-state index contributed by atoms with van der Waals surface area (Å²) < 4.78 is 13.4. The summed E-state index contributed by atoms with van der Waals surface area (Å²) in [7, 11) is 0. The lowest BCUT2D eigenvalue weighted by molar-refractivity contribution is 0.0527. The van der Waals surface area contributed by atoms with Gasteiger partial charge < -0.3 is 14.0 Å². The summed E-state index contributed by atoms with van der Waals surface area (Å²) in [6, 6.07) is 26.8. The van der Waals surface area contributed by atoms with Crippen molar-refractivity contribution < 1.29 is 19.1 Å². The molecule has 0 fully saturated rings. The smallest absolute Gasteiger partial charge is 0.343 e. The van der Waals surface area contributed by atoms with Gasteiger partial charge in [0.2, 0.25) is 0 Å². The minimum absolute atomic E-state index is 0.263. The average Bonchev–Trinajstić information content (AvgIpc) is 3.17. The van der Waals surface area contributed by atoms with Crippen LogP contribution in [0.2, 0.25) is 0 Å². The maximum Gasteiger partial charge on any atom is 0.343 e. The monoisotopic (exact) mass is 463 g/mol. The Morgan fingerprint density at radius 1 is 0.771 bits per heavy atom. The second kappa shape index (κ2) is 9.11. The van der Waals surface area contributed by atoms with Crippen LogP contribution in [0, 0.1) is 13.8 Å². The predicted molar refractivity (Wildman–Crippen MR) is 138 cm³/mol. The highest BCUT2D eigenvalue weighted by Crippen LogP contribution is 2.40. The van der Waals surface area contributed by atoms with Gasteiger partial charge in [-0.1, -0.05) is 60.7 Å². The van der Waals surface area contributed by atoms with Gasteiger partial charge in [0.1, 0.15) is 5.75 Å². The molecule has 1 heterocycles. The van der Waals surface area contributed by atoms with Crippen molar-refractivity contribution in [2.75, 3.05) is 6.61 Å². The number of carbonyl (C=O) groups is 2. The van der Waals surface area contributed by atoms with Gasteiger partial charge in [-0.3, -0.25) is 0 Å². The molecule has 0 saturated carbocycles. The number of ether oxygens (including phenoxy) is 2. The third kappa shape index (κ3) is 3.85. The molecule has 5 nitrogen and oxygen atoms in total. The second-order valence-electron chi connectivity index (χ2n) is 8.37. The topological polar surface area (TPSA) is 57.5 Å². The molecule has 0 saturated heterocycles. The average molecular weight is 464 g/mol. The molecule has 1 aromatic heterocycles. The number of hydrogen-bond donors (Lipinski definition) is 0. The van der Waals surface area contributed by atoms with Crippen molar-refractivity contribution >= 4 is 33.6 Å². The van der Waals surface area contributed by atoms with E-state index in [1.807, 2.05) is 86.6 Å². The number of nitrogens with zero attached hydrogens (tertiary/aromatic N) is 1. The highest BCUT2D eigenvalue weighted by molar-refractivity contribution is 6.17. The lowest BCUT2D eigenvalue weighted by Crippen LogP contribution is -2.10. The van der Waals surface area contributed by atoms with Crippen molar-refractivity contribution in [3.8, 4) is 11.4 Å². The Labute approximate surface area is 203 Å². The Hall–Kier alpha value is -4.38. The predicted octanol–water partition coefficient (Wildman–Crippen LogP) is 6.80. The number of fused-ring (bicyclic) bond motifs is 3. The number of esters is 2. The zero-order chi connectivity index (χ0) is 24.5. The van der Waals surface area contributed by atoms with Crippen LogP contribution in [0.25, 0.3) is 27.4 Å². The molecule has 0 aliphatic carbocycles. The van der Waals surface area contributed by atoms with E-state index in [1.54, 1.807) is 19.1 Å². The van der Waals surface area contributed by atoms with Gasteiger partial charge in [-0.05, 0) is 50.6 Å². The molecule has 0 spiro atoms. The van der Waals surface area contributed by atoms with Gasteiger partial charge in [0.05, 0.1) is 23.3 Å². The summed E-state index contributed by atoms with van der Waals surface area (Å²) in [6.45, 7) is 5.83. The first-order valence-corrected chi connectivity index (χ1v) is 11.6. The first-order chi connectivity index (χ1) is 17.0. The molecule has 0 atom stereocenters. The van der Waals surface area contributed by atoms with Crippen LogP contribution in [-0.4, -0.2) is 23.1 Å². The summed E-state index contributed by atoms with van der Waals surface area (Å²) in [4.78, 5) is 26.2. The van der Waals surface area contributed by atoms with Crippen LogP contribution in [0.3, 0.4) is 0 Å². The number of para-hydroxylation sites is 1. The molecule has 35 heavy (non-hydrogen) atoms. The normalized spacial score (nSPS) is 11.1. The first-order valence-electron chi connectivity index (χ1n) is 11.6. The second-order valence-corrected chi connectivity index (χ2v) is 8.37. The molecule has 174 valence electrons. The molecule has 0 aliphatic heterocycles. The van der Waals surface area contributed by atoms with E-state index in [9.17, 15) is 9.59 Å². The maximum atomic E-state index is 13.1. The number of aromatic nitrogens is 1. The van der Waals surface area contributed by atoms with Crippen LogP contribution in [0.4, 0.5) is 0 Å². The lowest BCUT2D eigenvalue weighted by atomic mass is 10.0. The van der Waals surface area contributed by atoms with E-state index in [2.05, 4.69) is 4.57 Å². The molecular formula is C30H25NO4. The van der Waals surface area contributed by atoms with Crippen molar-refractivity contribution in [2.45, 2.75) is 20.8 Å².